The molecule has 1 aromatic carbocycles. The van der Waals surface area contributed by atoms with Gasteiger partial charge in [0, 0.05) is 30.4 Å². The second-order valence-corrected chi connectivity index (χ2v) is 5.55. The van der Waals surface area contributed by atoms with Gasteiger partial charge in [0.05, 0.1) is 15.0 Å². The first-order valence-corrected chi connectivity index (χ1v) is 6.91. The van der Waals surface area contributed by atoms with Crippen LogP contribution in [0.25, 0.3) is 10.9 Å². The predicted octanol–water partition coefficient (Wildman–Crippen LogP) is 4.25. The summed E-state index contributed by atoms with van der Waals surface area (Å²) in [7, 11) is 0. The maximum Gasteiger partial charge on any atom is 0.0719 e. The molecular formula is C13H12BrClN2. The van der Waals surface area contributed by atoms with Crippen molar-refractivity contribution in [2.45, 2.75) is 12.8 Å². The molecule has 1 aromatic heterocycles. The maximum atomic E-state index is 6.30. The number of hydrogen-bond acceptors (Lipinski definition) is 2. The highest BCUT2D eigenvalue weighted by atomic mass is 79.9. The molecule has 0 saturated carbocycles. The quantitative estimate of drug-likeness (QED) is 0.782. The van der Waals surface area contributed by atoms with Crippen molar-refractivity contribution in [3.05, 3.63) is 33.9 Å². The lowest BCUT2D eigenvalue weighted by Gasteiger charge is -2.18. The van der Waals surface area contributed by atoms with Crippen molar-refractivity contribution >= 4 is 44.1 Å². The van der Waals surface area contributed by atoms with E-state index in [4.69, 9.17) is 11.6 Å². The lowest BCUT2D eigenvalue weighted by Crippen LogP contribution is -2.17. The number of benzene rings is 1. The van der Waals surface area contributed by atoms with E-state index in [2.05, 4.69) is 37.9 Å². The van der Waals surface area contributed by atoms with Gasteiger partial charge in [-0.25, -0.2) is 0 Å². The van der Waals surface area contributed by atoms with Crippen molar-refractivity contribution in [2.24, 2.45) is 0 Å². The van der Waals surface area contributed by atoms with Crippen LogP contribution in [0.5, 0.6) is 0 Å². The molecule has 4 heteroatoms. The number of aromatic nitrogens is 1. The zero-order valence-corrected chi connectivity index (χ0v) is 11.6. The topological polar surface area (TPSA) is 16.1 Å². The van der Waals surface area contributed by atoms with Crippen LogP contribution in [-0.4, -0.2) is 18.1 Å². The second-order valence-electron chi connectivity index (χ2n) is 4.32. The molecule has 0 atom stereocenters. The summed E-state index contributed by atoms with van der Waals surface area (Å²) >= 11 is 9.72. The lowest BCUT2D eigenvalue weighted by molar-refractivity contribution is 0.949. The standard InChI is InChI=1S/C13H12BrClN2/c14-11-8-16-12-4-3-9(7-10(12)13(11)15)17-5-1-2-6-17/h3-4,7-8H,1-2,5-6H2. The Labute approximate surface area is 114 Å². The van der Waals surface area contributed by atoms with Gasteiger partial charge in [-0.2, -0.15) is 0 Å². The number of nitrogens with zero attached hydrogens (tertiary/aromatic N) is 2. The van der Waals surface area contributed by atoms with Gasteiger partial charge in [0.25, 0.3) is 0 Å². The Bertz CT molecular complexity index is 565. The molecule has 2 aromatic rings. The summed E-state index contributed by atoms with van der Waals surface area (Å²) in [5.41, 5.74) is 2.19. The van der Waals surface area contributed by atoms with Gasteiger partial charge in [-0.15, -0.1) is 0 Å². The van der Waals surface area contributed by atoms with Gasteiger partial charge in [-0.1, -0.05) is 11.6 Å². The molecule has 17 heavy (non-hydrogen) atoms. The summed E-state index contributed by atoms with van der Waals surface area (Å²) in [6.07, 6.45) is 4.31. The third-order valence-electron chi connectivity index (χ3n) is 3.21. The summed E-state index contributed by atoms with van der Waals surface area (Å²) in [5.74, 6) is 0. The largest absolute Gasteiger partial charge is 0.372 e. The van der Waals surface area contributed by atoms with Crippen LogP contribution in [0.1, 0.15) is 12.8 Å². The Morgan fingerprint density at radius 3 is 2.76 bits per heavy atom. The maximum absolute atomic E-state index is 6.30. The van der Waals surface area contributed by atoms with Crippen LogP contribution in [0.4, 0.5) is 5.69 Å². The minimum Gasteiger partial charge on any atom is -0.372 e. The number of anilines is 1. The van der Waals surface area contributed by atoms with Crippen LogP contribution in [0, 0.1) is 0 Å². The van der Waals surface area contributed by atoms with E-state index in [1.165, 1.54) is 18.5 Å². The lowest BCUT2D eigenvalue weighted by atomic mass is 10.2. The van der Waals surface area contributed by atoms with Gasteiger partial charge >= 0.3 is 0 Å². The smallest absolute Gasteiger partial charge is 0.0719 e. The van der Waals surface area contributed by atoms with Gasteiger partial charge in [0.2, 0.25) is 0 Å². The van der Waals surface area contributed by atoms with Crippen LogP contribution in [-0.2, 0) is 0 Å². The summed E-state index contributed by atoms with van der Waals surface area (Å²) in [6.45, 7) is 2.29. The van der Waals surface area contributed by atoms with Crippen LogP contribution in [0.3, 0.4) is 0 Å². The van der Waals surface area contributed by atoms with Crippen LogP contribution in [0.2, 0.25) is 5.02 Å². The zero-order valence-electron chi connectivity index (χ0n) is 9.29. The Hall–Kier alpha value is -0.800. The van der Waals surface area contributed by atoms with Crippen molar-refractivity contribution in [3.8, 4) is 0 Å². The van der Waals surface area contributed by atoms with E-state index in [-0.39, 0.29) is 0 Å². The predicted molar refractivity (Wildman–Crippen MR) is 75.9 cm³/mol. The fraction of sp³-hybridized carbons (Fsp3) is 0.308. The summed E-state index contributed by atoms with van der Waals surface area (Å²) in [6, 6.07) is 6.31. The molecule has 0 bridgehead atoms. The molecule has 2 nitrogen and oxygen atoms in total. The van der Waals surface area contributed by atoms with Gasteiger partial charge in [-0.3, -0.25) is 4.98 Å². The van der Waals surface area contributed by atoms with Crippen molar-refractivity contribution < 1.29 is 0 Å². The van der Waals surface area contributed by atoms with E-state index in [1.54, 1.807) is 6.20 Å². The molecular weight excluding hydrogens is 300 g/mol. The number of rotatable bonds is 1. The molecule has 0 radical (unpaired) electrons. The Balaban J connectivity index is 2.13. The van der Waals surface area contributed by atoms with Crippen molar-refractivity contribution in [2.75, 3.05) is 18.0 Å². The van der Waals surface area contributed by atoms with Crippen LogP contribution in [0.15, 0.2) is 28.9 Å². The zero-order chi connectivity index (χ0) is 11.8. The molecule has 0 unspecified atom stereocenters. The van der Waals surface area contributed by atoms with E-state index < -0.39 is 0 Å². The van der Waals surface area contributed by atoms with E-state index in [0.717, 1.165) is 33.5 Å². The number of pyridine rings is 1. The first-order valence-electron chi connectivity index (χ1n) is 5.74. The number of halogens is 2. The van der Waals surface area contributed by atoms with E-state index in [9.17, 15) is 0 Å². The second kappa shape index (κ2) is 4.46. The highest BCUT2D eigenvalue weighted by Gasteiger charge is 2.13. The molecule has 1 saturated heterocycles. The summed E-state index contributed by atoms with van der Waals surface area (Å²) in [4.78, 5) is 6.76. The van der Waals surface area contributed by atoms with Crippen LogP contribution >= 0.6 is 27.5 Å². The van der Waals surface area contributed by atoms with Gasteiger partial charge in [0.1, 0.15) is 0 Å². The van der Waals surface area contributed by atoms with Crippen molar-refractivity contribution in [3.63, 3.8) is 0 Å². The third-order valence-corrected chi connectivity index (χ3v) is 4.45. The number of hydrogen-bond donors (Lipinski definition) is 0. The van der Waals surface area contributed by atoms with Crippen molar-refractivity contribution in [1.82, 2.24) is 4.98 Å². The monoisotopic (exact) mass is 310 g/mol. The number of fused-ring (bicyclic) bond motifs is 1. The highest BCUT2D eigenvalue weighted by Crippen LogP contribution is 2.32. The molecule has 1 aliphatic heterocycles. The first kappa shape index (κ1) is 11.3. The molecule has 1 aliphatic rings. The van der Waals surface area contributed by atoms with Crippen molar-refractivity contribution in [1.29, 1.82) is 0 Å². The molecule has 0 amide bonds. The Morgan fingerprint density at radius 2 is 2.00 bits per heavy atom. The third kappa shape index (κ3) is 2.02. The van der Waals surface area contributed by atoms with Crippen LogP contribution < -0.4 is 4.90 Å². The average molecular weight is 312 g/mol. The normalized spacial score (nSPS) is 15.8. The SMILES string of the molecule is Clc1c(Br)cnc2ccc(N3CCCC3)cc12. The van der Waals surface area contributed by atoms with Gasteiger partial charge < -0.3 is 4.90 Å². The van der Waals surface area contributed by atoms with Gasteiger partial charge in [-0.05, 0) is 47.0 Å². The molecule has 1 fully saturated rings. The van der Waals surface area contributed by atoms with E-state index in [1.807, 2.05) is 6.07 Å². The first-order chi connectivity index (χ1) is 8.25. The Morgan fingerprint density at radius 1 is 1.24 bits per heavy atom. The molecule has 88 valence electrons. The fourth-order valence-electron chi connectivity index (χ4n) is 2.30. The molecule has 2 heterocycles. The Kier molecular flexibility index (Phi) is 2.97. The molecule has 0 spiro atoms. The minimum absolute atomic E-state index is 0.746. The molecule has 0 aliphatic carbocycles. The average Bonchev–Trinajstić information content (AvgIpc) is 2.87. The molecule has 0 N–H and O–H groups in total. The molecule has 3 rings (SSSR count). The van der Waals surface area contributed by atoms with Gasteiger partial charge in [0.15, 0.2) is 0 Å². The summed E-state index contributed by atoms with van der Waals surface area (Å²) < 4.78 is 0.852. The summed E-state index contributed by atoms with van der Waals surface area (Å²) in [5, 5.41) is 1.77. The van der Waals surface area contributed by atoms with E-state index in [0.29, 0.717) is 0 Å². The minimum atomic E-state index is 0.746. The van der Waals surface area contributed by atoms with E-state index >= 15 is 0 Å². The fourth-order valence-corrected chi connectivity index (χ4v) is 2.81. The highest BCUT2D eigenvalue weighted by molar-refractivity contribution is 9.10.